The molecule has 1 aromatic rings. The molecule has 1 atom stereocenters. The van der Waals surface area contributed by atoms with Crippen molar-refractivity contribution >= 4 is 11.6 Å². The third kappa shape index (κ3) is 3.28. The molecule has 1 fully saturated rings. The SMILES string of the molecule is CCN1CCC(CNc2cc(NN)ncn2)C1. The lowest BCUT2D eigenvalue weighted by atomic mass is 10.1. The number of anilines is 2. The summed E-state index contributed by atoms with van der Waals surface area (Å²) in [4.78, 5) is 10.6. The van der Waals surface area contributed by atoms with Crippen molar-refractivity contribution in [1.82, 2.24) is 14.9 Å². The Morgan fingerprint density at radius 3 is 3.00 bits per heavy atom. The number of aromatic nitrogens is 2. The van der Waals surface area contributed by atoms with Crippen molar-refractivity contribution in [1.29, 1.82) is 0 Å². The average molecular weight is 236 g/mol. The maximum absolute atomic E-state index is 5.30. The van der Waals surface area contributed by atoms with Gasteiger partial charge >= 0.3 is 0 Å². The van der Waals surface area contributed by atoms with Crippen LogP contribution in [-0.4, -0.2) is 41.0 Å². The van der Waals surface area contributed by atoms with Crippen molar-refractivity contribution < 1.29 is 0 Å². The molecule has 0 saturated carbocycles. The highest BCUT2D eigenvalue weighted by Crippen LogP contribution is 2.16. The number of nitrogen functional groups attached to an aromatic ring is 1. The van der Waals surface area contributed by atoms with Crippen LogP contribution in [0.3, 0.4) is 0 Å². The van der Waals surface area contributed by atoms with Crippen LogP contribution in [0, 0.1) is 5.92 Å². The van der Waals surface area contributed by atoms with Crippen LogP contribution in [0.5, 0.6) is 0 Å². The zero-order valence-corrected chi connectivity index (χ0v) is 10.2. The molecular weight excluding hydrogens is 216 g/mol. The summed E-state index contributed by atoms with van der Waals surface area (Å²) in [5.41, 5.74) is 2.51. The Labute approximate surface area is 102 Å². The van der Waals surface area contributed by atoms with E-state index >= 15 is 0 Å². The summed E-state index contributed by atoms with van der Waals surface area (Å²) >= 11 is 0. The molecule has 0 aromatic carbocycles. The molecule has 2 heterocycles. The molecule has 1 aliphatic rings. The quantitative estimate of drug-likeness (QED) is 0.511. The van der Waals surface area contributed by atoms with E-state index in [0.717, 1.165) is 18.9 Å². The lowest BCUT2D eigenvalue weighted by Crippen LogP contribution is -2.22. The maximum atomic E-state index is 5.30. The summed E-state index contributed by atoms with van der Waals surface area (Å²) in [6.07, 6.45) is 2.76. The number of nitrogens with one attached hydrogen (secondary N) is 2. The van der Waals surface area contributed by atoms with Crippen LogP contribution in [0.2, 0.25) is 0 Å². The van der Waals surface area contributed by atoms with E-state index in [1.807, 2.05) is 6.07 Å². The van der Waals surface area contributed by atoms with Gasteiger partial charge in [0.05, 0.1) is 0 Å². The molecule has 94 valence electrons. The zero-order valence-electron chi connectivity index (χ0n) is 10.2. The van der Waals surface area contributed by atoms with Crippen LogP contribution >= 0.6 is 0 Å². The fraction of sp³-hybridized carbons (Fsp3) is 0.636. The lowest BCUT2D eigenvalue weighted by Gasteiger charge is -2.14. The number of nitrogens with two attached hydrogens (primary N) is 1. The topological polar surface area (TPSA) is 79.1 Å². The Kier molecular flexibility index (Phi) is 4.11. The third-order valence-electron chi connectivity index (χ3n) is 3.20. The van der Waals surface area contributed by atoms with Crippen LogP contribution in [0.1, 0.15) is 13.3 Å². The van der Waals surface area contributed by atoms with Gasteiger partial charge in [-0.3, -0.25) is 0 Å². The molecule has 1 aliphatic heterocycles. The van der Waals surface area contributed by atoms with Gasteiger partial charge in [-0.05, 0) is 25.4 Å². The summed E-state index contributed by atoms with van der Waals surface area (Å²) in [6.45, 7) is 6.70. The number of hydrogen-bond donors (Lipinski definition) is 3. The molecule has 1 aromatic heterocycles. The van der Waals surface area contributed by atoms with E-state index in [1.54, 1.807) is 0 Å². The molecule has 4 N–H and O–H groups in total. The molecule has 0 amide bonds. The van der Waals surface area contributed by atoms with Crippen LogP contribution in [0.4, 0.5) is 11.6 Å². The normalized spacial score (nSPS) is 20.5. The smallest absolute Gasteiger partial charge is 0.145 e. The molecular formula is C11H20N6. The van der Waals surface area contributed by atoms with Gasteiger partial charge in [-0.25, -0.2) is 15.8 Å². The van der Waals surface area contributed by atoms with Crippen molar-refractivity contribution in [3.8, 4) is 0 Å². The summed E-state index contributed by atoms with van der Waals surface area (Å²) in [7, 11) is 0. The Hall–Kier alpha value is -1.40. The zero-order chi connectivity index (χ0) is 12.1. The van der Waals surface area contributed by atoms with Gasteiger partial charge in [0.25, 0.3) is 0 Å². The van der Waals surface area contributed by atoms with E-state index < -0.39 is 0 Å². The molecule has 2 rings (SSSR count). The van der Waals surface area contributed by atoms with E-state index in [-0.39, 0.29) is 0 Å². The molecule has 0 radical (unpaired) electrons. The van der Waals surface area contributed by atoms with Gasteiger partial charge in [0.15, 0.2) is 0 Å². The lowest BCUT2D eigenvalue weighted by molar-refractivity contribution is 0.345. The maximum Gasteiger partial charge on any atom is 0.145 e. The molecule has 0 spiro atoms. The summed E-state index contributed by atoms with van der Waals surface area (Å²) in [6, 6.07) is 1.81. The van der Waals surface area contributed by atoms with E-state index in [9.17, 15) is 0 Å². The first kappa shape index (κ1) is 12.1. The van der Waals surface area contributed by atoms with Gasteiger partial charge in [0, 0.05) is 19.2 Å². The van der Waals surface area contributed by atoms with E-state index in [2.05, 4.69) is 32.5 Å². The fourth-order valence-corrected chi connectivity index (χ4v) is 2.15. The first-order valence-electron chi connectivity index (χ1n) is 6.06. The van der Waals surface area contributed by atoms with Gasteiger partial charge in [0.2, 0.25) is 0 Å². The van der Waals surface area contributed by atoms with E-state index in [0.29, 0.717) is 11.7 Å². The van der Waals surface area contributed by atoms with E-state index in [4.69, 9.17) is 5.84 Å². The summed E-state index contributed by atoms with van der Waals surface area (Å²) < 4.78 is 0. The second kappa shape index (κ2) is 5.79. The van der Waals surface area contributed by atoms with Gasteiger partial charge in [-0.1, -0.05) is 6.92 Å². The molecule has 1 saturated heterocycles. The minimum absolute atomic E-state index is 0.629. The highest BCUT2D eigenvalue weighted by Gasteiger charge is 2.20. The Morgan fingerprint density at radius 1 is 1.47 bits per heavy atom. The number of likely N-dealkylation sites (tertiary alicyclic amines) is 1. The van der Waals surface area contributed by atoms with Crippen LogP contribution in [0.15, 0.2) is 12.4 Å². The number of hydrazine groups is 1. The molecule has 6 nitrogen and oxygen atoms in total. The predicted octanol–water partition coefficient (Wildman–Crippen LogP) is 0.516. The van der Waals surface area contributed by atoms with Gasteiger partial charge < -0.3 is 15.6 Å². The van der Waals surface area contributed by atoms with Crippen molar-refractivity contribution in [2.24, 2.45) is 11.8 Å². The number of hydrogen-bond acceptors (Lipinski definition) is 6. The molecule has 6 heteroatoms. The molecule has 1 unspecified atom stereocenters. The van der Waals surface area contributed by atoms with Crippen molar-refractivity contribution in [3.05, 3.63) is 12.4 Å². The highest BCUT2D eigenvalue weighted by molar-refractivity contribution is 5.45. The predicted molar refractivity (Wildman–Crippen MR) is 68.6 cm³/mol. The minimum atomic E-state index is 0.629. The van der Waals surface area contributed by atoms with Crippen molar-refractivity contribution in [2.75, 3.05) is 36.9 Å². The summed E-state index contributed by atoms with van der Waals surface area (Å²) in [5, 5.41) is 3.33. The Balaban J connectivity index is 1.81. The highest BCUT2D eigenvalue weighted by atomic mass is 15.3. The van der Waals surface area contributed by atoms with Gasteiger partial charge in [-0.2, -0.15) is 0 Å². The molecule has 0 bridgehead atoms. The second-order valence-corrected chi connectivity index (χ2v) is 4.36. The van der Waals surface area contributed by atoms with Crippen molar-refractivity contribution in [2.45, 2.75) is 13.3 Å². The van der Waals surface area contributed by atoms with Crippen LogP contribution < -0.4 is 16.6 Å². The third-order valence-corrected chi connectivity index (χ3v) is 3.20. The largest absolute Gasteiger partial charge is 0.370 e. The summed E-state index contributed by atoms with van der Waals surface area (Å²) in [5.74, 6) is 7.46. The number of nitrogens with zero attached hydrogens (tertiary/aromatic N) is 3. The standard InChI is InChI=1S/C11H20N6/c1-2-17-4-3-9(7-17)6-13-10-5-11(16-12)15-8-14-10/h5,8-9H,2-4,6-7,12H2,1H3,(H2,13,14,15,16). The van der Waals surface area contributed by atoms with Crippen LogP contribution in [-0.2, 0) is 0 Å². The Morgan fingerprint density at radius 2 is 2.29 bits per heavy atom. The average Bonchev–Trinajstić information content (AvgIpc) is 2.84. The minimum Gasteiger partial charge on any atom is -0.370 e. The van der Waals surface area contributed by atoms with E-state index in [1.165, 1.54) is 25.8 Å². The fourth-order valence-electron chi connectivity index (χ4n) is 2.15. The molecule has 0 aliphatic carbocycles. The first-order valence-corrected chi connectivity index (χ1v) is 6.06. The van der Waals surface area contributed by atoms with Gasteiger partial charge in [0.1, 0.15) is 18.0 Å². The molecule has 17 heavy (non-hydrogen) atoms. The monoisotopic (exact) mass is 236 g/mol. The second-order valence-electron chi connectivity index (χ2n) is 4.36. The van der Waals surface area contributed by atoms with Crippen LogP contribution in [0.25, 0.3) is 0 Å². The van der Waals surface area contributed by atoms with Crippen molar-refractivity contribution in [3.63, 3.8) is 0 Å². The van der Waals surface area contributed by atoms with Gasteiger partial charge in [-0.15, -0.1) is 0 Å². The first-order chi connectivity index (χ1) is 8.31. The number of rotatable bonds is 5. The Bertz CT molecular complexity index is 356.